The Labute approximate surface area is 151 Å². The zero-order valence-electron chi connectivity index (χ0n) is 16.1. The quantitative estimate of drug-likeness (QED) is 0.475. The van der Waals surface area contributed by atoms with Crippen molar-refractivity contribution in [2.45, 2.75) is 47.0 Å². The van der Waals surface area contributed by atoms with Gasteiger partial charge in [-0.15, -0.1) is 0 Å². The lowest BCUT2D eigenvalue weighted by Gasteiger charge is -2.29. The van der Waals surface area contributed by atoms with Crippen LogP contribution in [0.2, 0.25) is 0 Å². The number of rotatable bonds is 1. The van der Waals surface area contributed by atoms with Crippen molar-refractivity contribution in [3.05, 3.63) is 93.0 Å². The van der Waals surface area contributed by atoms with Gasteiger partial charge in [-0.05, 0) is 91.6 Å². The molecule has 0 aromatic heterocycles. The molecule has 1 aliphatic carbocycles. The Bertz CT molecular complexity index is 947. The van der Waals surface area contributed by atoms with Gasteiger partial charge in [0.15, 0.2) is 0 Å². The zero-order valence-corrected chi connectivity index (χ0v) is 16.1. The van der Waals surface area contributed by atoms with Crippen LogP contribution in [-0.4, -0.2) is 0 Å². The summed E-state index contributed by atoms with van der Waals surface area (Å²) in [6.45, 7) is 13.5. The standard InChI is InChI=1S/C25H26/c1-15-8-7-9-20(10-15)25(6)23-13-18(4)16(2)11-21(23)22-12-17(3)19(5)14-24(22)25/h7-14H,1-6H3. The van der Waals surface area contributed by atoms with E-state index in [-0.39, 0.29) is 5.41 Å². The van der Waals surface area contributed by atoms with Gasteiger partial charge in [-0.25, -0.2) is 0 Å². The average molecular weight is 326 g/mol. The first-order valence-corrected chi connectivity index (χ1v) is 9.13. The normalized spacial score (nSPS) is 14.3. The largest absolute Gasteiger partial charge is 0.0617 e. The molecule has 1 aliphatic rings. The molecule has 0 fully saturated rings. The molecule has 0 saturated carbocycles. The van der Waals surface area contributed by atoms with Crippen LogP contribution in [0.1, 0.15) is 51.4 Å². The van der Waals surface area contributed by atoms with E-state index < -0.39 is 0 Å². The van der Waals surface area contributed by atoms with Crippen molar-refractivity contribution in [3.63, 3.8) is 0 Å². The monoisotopic (exact) mass is 326 g/mol. The predicted molar refractivity (Wildman–Crippen MR) is 108 cm³/mol. The van der Waals surface area contributed by atoms with Crippen LogP contribution in [0, 0.1) is 34.6 Å². The maximum atomic E-state index is 2.41. The maximum Gasteiger partial charge on any atom is 0.0435 e. The maximum absolute atomic E-state index is 2.41. The summed E-state index contributed by atoms with van der Waals surface area (Å²) in [7, 11) is 0. The van der Waals surface area contributed by atoms with Crippen molar-refractivity contribution in [2.24, 2.45) is 0 Å². The molecule has 25 heavy (non-hydrogen) atoms. The Kier molecular flexibility index (Phi) is 3.44. The fraction of sp³-hybridized carbons (Fsp3) is 0.280. The molecule has 0 atom stereocenters. The van der Waals surface area contributed by atoms with Crippen LogP contribution in [0.3, 0.4) is 0 Å². The van der Waals surface area contributed by atoms with Crippen LogP contribution in [0.4, 0.5) is 0 Å². The minimum absolute atomic E-state index is 0.0897. The molecule has 3 aromatic carbocycles. The number of aryl methyl sites for hydroxylation is 5. The molecule has 0 nitrogen and oxygen atoms in total. The summed E-state index contributed by atoms with van der Waals surface area (Å²) >= 11 is 0. The first-order valence-electron chi connectivity index (χ1n) is 9.13. The second-order valence-corrected chi connectivity index (χ2v) is 7.96. The summed E-state index contributed by atoms with van der Waals surface area (Å²) in [6, 6.07) is 18.6. The second kappa shape index (κ2) is 5.33. The molecular weight excluding hydrogens is 300 g/mol. The van der Waals surface area contributed by atoms with Crippen LogP contribution in [0.5, 0.6) is 0 Å². The van der Waals surface area contributed by atoms with E-state index in [9.17, 15) is 0 Å². The van der Waals surface area contributed by atoms with Crippen molar-refractivity contribution >= 4 is 0 Å². The summed E-state index contributed by atoms with van der Waals surface area (Å²) in [4.78, 5) is 0. The van der Waals surface area contributed by atoms with Gasteiger partial charge in [0, 0.05) is 5.41 Å². The molecule has 0 spiro atoms. The van der Waals surface area contributed by atoms with Crippen molar-refractivity contribution < 1.29 is 0 Å². The topological polar surface area (TPSA) is 0 Å². The number of hydrogen-bond acceptors (Lipinski definition) is 0. The van der Waals surface area contributed by atoms with Crippen molar-refractivity contribution in [3.8, 4) is 11.1 Å². The molecule has 0 heteroatoms. The van der Waals surface area contributed by atoms with E-state index in [4.69, 9.17) is 0 Å². The summed E-state index contributed by atoms with van der Waals surface area (Å²) in [5.41, 5.74) is 13.8. The molecule has 0 saturated heterocycles. The number of hydrogen-bond donors (Lipinski definition) is 0. The average Bonchev–Trinajstić information content (AvgIpc) is 2.79. The van der Waals surface area contributed by atoms with Gasteiger partial charge in [0.25, 0.3) is 0 Å². The predicted octanol–water partition coefficient (Wildman–Crippen LogP) is 6.56. The summed E-state index contributed by atoms with van der Waals surface area (Å²) in [6.07, 6.45) is 0. The van der Waals surface area contributed by atoms with Gasteiger partial charge in [0.05, 0.1) is 0 Å². The molecule has 0 bridgehead atoms. The molecule has 0 unspecified atom stereocenters. The van der Waals surface area contributed by atoms with Gasteiger partial charge < -0.3 is 0 Å². The van der Waals surface area contributed by atoms with Crippen LogP contribution >= 0.6 is 0 Å². The van der Waals surface area contributed by atoms with Crippen molar-refractivity contribution in [1.29, 1.82) is 0 Å². The van der Waals surface area contributed by atoms with E-state index in [1.54, 1.807) is 0 Å². The van der Waals surface area contributed by atoms with E-state index in [1.807, 2.05) is 0 Å². The lowest BCUT2D eigenvalue weighted by atomic mass is 9.73. The molecule has 0 aliphatic heterocycles. The van der Waals surface area contributed by atoms with Gasteiger partial charge in [0.1, 0.15) is 0 Å². The Hall–Kier alpha value is -2.34. The number of benzene rings is 3. The Morgan fingerprint density at radius 1 is 0.600 bits per heavy atom. The van der Waals surface area contributed by atoms with E-state index in [1.165, 1.54) is 55.6 Å². The van der Waals surface area contributed by atoms with E-state index in [2.05, 4.69) is 90.1 Å². The van der Waals surface area contributed by atoms with E-state index in [0.29, 0.717) is 0 Å². The highest BCUT2D eigenvalue weighted by Crippen LogP contribution is 2.53. The van der Waals surface area contributed by atoms with Gasteiger partial charge in [0.2, 0.25) is 0 Å². The summed E-state index contributed by atoms with van der Waals surface area (Å²) in [5.74, 6) is 0. The van der Waals surface area contributed by atoms with Crippen molar-refractivity contribution in [1.82, 2.24) is 0 Å². The smallest absolute Gasteiger partial charge is 0.0435 e. The van der Waals surface area contributed by atoms with Crippen molar-refractivity contribution in [2.75, 3.05) is 0 Å². The number of fused-ring (bicyclic) bond motifs is 3. The van der Waals surface area contributed by atoms with Crippen LogP contribution in [0.25, 0.3) is 11.1 Å². The van der Waals surface area contributed by atoms with Gasteiger partial charge in [-0.2, -0.15) is 0 Å². The fourth-order valence-corrected chi connectivity index (χ4v) is 4.32. The molecule has 0 radical (unpaired) electrons. The lowest BCUT2D eigenvalue weighted by Crippen LogP contribution is -2.23. The summed E-state index contributed by atoms with van der Waals surface area (Å²) in [5, 5.41) is 0. The van der Waals surface area contributed by atoms with Crippen LogP contribution < -0.4 is 0 Å². The van der Waals surface area contributed by atoms with Gasteiger partial charge >= 0.3 is 0 Å². The third-order valence-electron chi connectivity index (χ3n) is 6.23. The third-order valence-corrected chi connectivity index (χ3v) is 6.23. The summed E-state index contributed by atoms with van der Waals surface area (Å²) < 4.78 is 0. The minimum atomic E-state index is -0.0897. The zero-order chi connectivity index (χ0) is 17.9. The second-order valence-electron chi connectivity index (χ2n) is 7.96. The third kappa shape index (κ3) is 2.20. The van der Waals surface area contributed by atoms with Gasteiger partial charge in [-0.1, -0.05) is 54.1 Å². The highest BCUT2D eigenvalue weighted by molar-refractivity contribution is 5.84. The SMILES string of the molecule is Cc1cccc(C2(C)c3cc(C)c(C)cc3-c3cc(C)c(C)cc32)c1. The molecule has 126 valence electrons. The minimum Gasteiger partial charge on any atom is -0.0617 e. The van der Waals surface area contributed by atoms with Crippen LogP contribution in [0.15, 0.2) is 48.5 Å². The first-order chi connectivity index (χ1) is 11.8. The molecule has 4 rings (SSSR count). The Morgan fingerprint density at radius 2 is 1.08 bits per heavy atom. The lowest BCUT2D eigenvalue weighted by molar-refractivity contribution is 0.711. The molecule has 0 N–H and O–H groups in total. The Balaban J connectivity index is 2.13. The highest BCUT2D eigenvalue weighted by atomic mass is 14.4. The molecule has 0 heterocycles. The van der Waals surface area contributed by atoms with E-state index in [0.717, 1.165) is 0 Å². The fourth-order valence-electron chi connectivity index (χ4n) is 4.32. The van der Waals surface area contributed by atoms with Gasteiger partial charge in [-0.3, -0.25) is 0 Å². The highest BCUT2D eigenvalue weighted by Gasteiger charge is 2.41. The Morgan fingerprint density at radius 3 is 1.56 bits per heavy atom. The molecular formula is C25H26. The van der Waals surface area contributed by atoms with E-state index >= 15 is 0 Å². The molecule has 3 aromatic rings. The first kappa shape index (κ1) is 16.1. The molecule has 0 amide bonds. The van der Waals surface area contributed by atoms with Crippen LogP contribution in [-0.2, 0) is 5.41 Å².